The van der Waals surface area contributed by atoms with Crippen LogP contribution in [-0.4, -0.2) is 45.1 Å². The first-order valence-electron chi connectivity index (χ1n) is 3.11. The maximum absolute atomic E-state index is 11.0. The number of hydrogen-bond acceptors (Lipinski definition) is 4. The molecule has 1 heterocycles. The smallest absolute Gasteiger partial charge is 0.245 e. The summed E-state index contributed by atoms with van der Waals surface area (Å²) in [7, 11) is 3.36. The van der Waals surface area contributed by atoms with Gasteiger partial charge < -0.3 is 4.90 Å². The molecule has 6 heteroatoms. The molecule has 0 aliphatic rings. The zero-order valence-corrected chi connectivity index (χ0v) is 6.43. The first kappa shape index (κ1) is 7.64. The van der Waals surface area contributed by atoms with Gasteiger partial charge in [-0.15, -0.1) is 10.2 Å². The second-order valence-electron chi connectivity index (χ2n) is 2.25. The minimum absolute atomic E-state index is 0.0528. The Labute approximate surface area is 63.8 Å². The van der Waals surface area contributed by atoms with E-state index in [0.29, 0.717) is 0 Å². The van der Waals surface area contributed by atoms with E-state index in [1.54, 1.807) is 14.1 Å². The van der Waals surface area contributed by atoms with Crippen LogP contribution >= 0.6 is 0 Å². The maximum atomic E-state index is 11.0. The summed E-state index contributed by atoms with van der Waals surface area (Å²) in [5.41, 5.74) is 0. The Morgan fingerprint density at radius 2 is 2.36 bits per heavy atom. The molecule has 0 fully saturated rings. The zero-order chi connectivity index (χ0) is 8.27. The summed E-state index contributed by atoms with van der Waals surface area (Å²) in [5.74, 6) is -0.0528. The van der Waals surface area contributed by atoms with Crippen LogP contribution in [0.4, 0.5) is 0 Å². The molecule has 0 aliphatic carbocycles. The molecule has 1 amide bonds. The lowest BCUT2D eigenvalue weighted by molar-refractivity contribution is -0.129. The Balaban J connectivity index is 2.50. The molecule has 0 N–H and O–H groups in total. The van der Waals surface area contributed by atoms with Crippen molar-refractivity contribution in [3.05, 3.63) is 6.33 Å². The Bertz CT molecular complexity index is 229. The minimum atomic E-state index is -0.0528. The lowest BCUT2D eigenvalue weighted by Crippen LogP contribution is -2.27. The van der Waals surface area contributed by atoms with Gasteiger partial charge in [0.2, 0.25) is 5.91 Å². The summed E-state index contributed by atoms with van der Waals surface area (Å²) in [6.07, 6.45) is 1.29. The first-order chi connectivity index (χ1) is 5.20. The third-order valence-electron chi connectivity index (χ3n) is 1.17. The fraction of sp³-hybridized carbons (Fsp3) is 0.600. The molecule has 0 saturated heterocycles. The summed E-state index contributed by atoms with van der Waals surface area (Å²) in [5, 5.41) is 10.7. The SMILES string of the molecule is CN(C)C(=O)Cn1ncnn1. The third-order valence-corrected chi connectivity index (χ3v) is 1.17. The van der Waals surface area contributed by atoms with E-state index in [4.69, 9.17) is 0 Å². The quantitative estimate of drug-likeness (QED) is 0.536. The molecule has 60 valence electrons. The molecule has 1 rings (SSSR count). The molecule has 0 unspecified atom stereocenters. The van der Waals surface area contributed by atoms with Gasteiger partial charge in [-0.2, -0.15) is 4.80 Å². The molecule has 0 bridgehead atoms. The van der Waals surface area contributed by atoms with E-state index in [1.165, 1.54) is 16.0 Å². The van der Waals surface area contributed by atoms with Gasteiger partial charge in [-0.1, -0.05) is 0 Å². The average molecular weight is 155 g/mol. The van der Waals surface area contributed by atoms with Crippen molar-refractivity contribution in [1.29, 1.82) is 0 Å². The van der Waals surface area contributed by atoms with Gasteiger partial charge in [0.15, 0.2) is 6.33 Å². The van der Waals surface area contributed by atoms with Crippen LogP contribution in [0.1, 0.15) is 0 Å². The molecule has 6 nitrogen and oxygen atoms in total. The first-order valence-corrected chi connectivity index (χ1v) is 3.11. The molecule has 0 aromatic carbocycles. The maximum Gasteiger partial charge on any atom is 0.245 e. The fourth-order valence-corrected chi connectivity index (χ4v) is 0.523. The number of hydrogen-bond donors (Lipinski definition) is 0. The van der Waals surface area contributed by atoms with Gasteiger partial charge in [0.25, 0.3) is 0 Å². The number of amides is 1. The number of tetrazole rings is 1. The summed E-state index contributed by atoms with van der Waals surface area (Å²) < 4.78 is 0. The average Bonchev–Trinajstić information content (AvgIpc) is 2.39. The van der Waals surface area contributed by atoms with E-state index >= 15 is 0 Å². The third kappa shape index (κ3) is 1.99. The van der Waals surface area contributed by atoms with E-state index < -0.39 is 0 Å². The van der Waals surface area contributed by atoms with Crippen molar-refractivity contribution in [1.82, 2.24) is 25.1 Å². The predicted molar refractivity (Wildman–Crippen MR) is 36.5 cm³/mol. The molecule has 1 aromatic heterocycles. The number of nitrogens with zero attached hydrogens (tertiary/aromatic N) is 5. The van der Waals surface area contributed by atoms with Gasteiger partial charge in [-0.05, 0) is 5.21 Å². The van der Waals surface area contributed by atoms with E-state index in [1.807, 2.05) is 0 Å². The highest BCUT2D eigenvalue weighted by atomic mass is 16.2. The molecule has 0 radical (unpaired) electrons. The number of rotatable bonds is 2. The van der Waals surface area contributed by atoms with Crippen LogP contribution in [0.5, 0.6) is 0 Å². The highest BCUT2D eigenvalue weighted by molar-refractivity contribution is 5.75. The molecule has 0 spiro atoms. The van der Waals surface area contributed by atoms with Gasteiger partial charge in [-0.25, -0.2) is 0 Å². The summed E-state index contributed by atoms with van der Waals surface area (Å²) in [4.78, 5) is 13.7. The lowest BCUT2D eigenvalue weighted by Gasteiger charge is -2.07. The van der Waals surface area contributed by atoms with Crippen molar-refractivity contribution in [3.63, 3.8) is 0 Å². The van der Waals surface area contributed by atoms with Crippen molar-refractivity contribution in [2.75, 3.05) is 14.1 Å². The standard InChI is InChI=1S/C5H9N5O/c1-9(2)5(11)3-10-7-4-6-8-10/h4H,3H2,1-2H3. The van der Waals surface area contributed by atoms with Gasteiger partial charge in [-0.3, -0.25) is 4.79 Å². The van der Waals surface area contributed by atoms with Crippen molar-refractivity contribution in [3.8, 4) is 0 Å². The second-order valence-corrected chi connectivity index (χ2v) is 2.25. The Morgan fingerprint density at radius 3 is 2.82 bits per heavy atom. The molecule has 0 aliphatic heterocycles. The normalized spacial score (nSPS) is 9.64. The van der Waals surface area contributed by atoms with Crippen LogP contribution in [-0.2, 0) is 11.3 Å². The summed E-state index contributed by atoms with van der Waals surface area (Å²) in [6, 6.07) is 0. The fourth-order valence-electron chi connectivity index (χ4n) is 0.523. The lowest BCUT2D eigenvalue weighted by atomic mass is 10.6. The highest BCUT2D eigenvalue weighted by Gasteiger charge is 2.05. The predicted octanol–water partition coefficient (Wildman–Crippen LogP) is -1.24. The topological polar surface area (TPSA) is 63.9 Å². The largest absolute Gasteiger partial charge is 0.347 e. The van der Waals surface area contributed by atoms with Crippen LogP contribution in [0.3, 0.4) is 0 Å². The monoisotopic (exact) mass is 155 g/mol. The van der Waals surface area contributed by atoms with Gasteiger partial charge >= 0.3 is 0 Å². The number of likely N-dealkylation sites (N-methyl/N-ethyl adjacent to an activating group) is 1. The van der Waals surface area contributed by atoms with Crippen LogP contribution in [0.2, 0.25) is 0 Å². The van der Waals surface area contributed by atoms with Crippen LogP contribution < -0.4 is 0 Å². The van der Waals surface area contributed by atoms with Gasteiger partial charge in [0.1, 0.15) is 6.54 Å². The molecular formula is C5H9N5O. The Kier molecular flexibility index (Phi) is 2.15. The van der Waals surface area contributed by atoms with Crippen LogP contribution in [0.25, 0.3) is 0 Å². The Morgan fingerprint density at radius 1 is 1.64 bits per heavy atom. The van der Waals surface area contributed by atoms with Crippen LogP contribution in [0, 0.1) is 0 Å². The van der Waals surface area contributed by atoms with E-state index in [-0.39, 0.29) is 12.5 Å². The molecule has 11 heavy (non-hydrogen) atoms. The van der Waals surface area contributed by atoms with Crippen molar-refractivity contribution in [2.45, 2.75) is 6.54 Å². The van der Waals surface area contributed by atoms with E-state index in [9.17, 15) is 4.79 Å². The summed E-state index contributed by atoms with van der Waals surface area (Å²) >= 11 is 0. The van der Waals surface area contributed by atoms with E-state index in [0.717, 1.165) is 0 Å². The Hall–Kier alpha value is -1.46. The highest BCUT2D eigenvalue weighted by Crippen LogP contribution is 1.81. The van der Waals surface area contributed by atoms with Crippen molar-refractivity contribution in [2.24, 2.45) is 0 Å². The molecule has 0 atom stereocenters. The van der Waals surface area contributed by atoms with Gasteiger partial charge in [0.05, 0.1) is 0 Å². The van der Waals surface area contributed by atoms with Crippen molar-refractivity contribution >= 4 is 5.91 Å². The summed E-state index contributed by atoms with van der Waals surface area (Å²) in [6.45, 7) is 0.146. The molecule has 0 saturated carbocycles. The minimum Gasteiger partial charge on any atom is -0.347 e. The zero-order valence-electron chi connectivity index (χ0n) is 6.43. The van der Waals surface area contributed by atoms with Crippen LogP contribution in [0.15, 0.2) is 6.33 Å². The van der Waals surface area contributed by atoms with Gasteiger partial charge in [0, 0.05) is 14.1 Å². The number of carbonyl (C=O) groups is 1. The second kappa shape index (κ2) is 3.09. The van der Waals surface area contributed by atoms with Crippen molar-refractivity contribution < 1.29 is 4.79 Å². The number of aromatic nitrogens is 4. The molecule has 1 aromatic rings. The molecular weight excluding hydrogens is 146 g/mol. The van der Waals surface area contributed by atoms with E-state index in [2.05, 4.69) is 15.4 Å². The number of carbonyl (C=O) groups excluding carboxylic acids is 1.